The van der Waals surface area contributed by atoms with E-state index in [-0.39, 0.29) is 23.8 Å². The van der Waals surface area contributed by atoms with E-state index in [1.54, 1.807) is 44.7 Å². The van der Waals surface area contributed by atoms with Gasteiger partial charge in [0.15, 0.2) is 0 Å². The molecule has 11 heteroatoms. The molecule has 2 aliphatic rings. The molecule has 1 amide bonds. The molecule has 0 aliphatic carbocycles. The lowest BCUT2D eigenvalue weighted by Crippen LogP contribution is -2.45. The number of rotatable bonds is 5. The standard InChI is InChI=1S/C21H23N7O4/c1-27(2)32-20(30)16-7-13-9-23-21(26-18(13)24-16)25-17-6-3-12(8-22-17)19(29)28-10-14-4-5-15(11-28)31-14/h3,6-9,14-15H,4-5,10-11H2,1-2H3,(H2,22,23,24,25,26). The summed E-state index contributed by atoms with van der Waals surface area (Å²) in [6, 6.07) is 5.07. The lowest BCUT2D eigenvalue weighted by molar-refractivity contribution is -0.0717. The van der Waals surface area contributed by atoms with Crippen molar-refractivity contribution in [2.24, 2.45) is 0 Å². The number of hydroxylamine groups is 2. The quantitative estimate of drug-likeness (QED) is 0.574. The van der Waals surface area contributed by atoms with Crippen molar-refractivity contribution in [3.63, 3.8) is 0 Å². The Morgan fingerprint density at radius 1 is 1.19 bits per heavy atom. The fourth-order valence-corrected chi connectivity index (χ4v) is 3.97. The second-order valence-electron chi connectivity index (χ2n) is 8.10. The maximum absolute atomic E-state index is 12.8. The number of morpholine rings is 1. The maximum atomic E-state index is 12.8. The smallest absolute Gasteiger partial charge is 0.371 e. The van der Waals surface area contributed by atoms with Crippen molar-refractivity contribution in [3.05, 3.63) is 41.9 Å². The van der Waals surface area contributed by atoms with E-state index in [1.165, 1.54) is 5.06 Å². The van der Waals surface area contributed by atoms with E-state index in [0.29, 0.717) is 41.5 Å². The first-order chi connectivity index (χ1) is 15.4. The predicted molar refractivity (Wildman–Crippen MR) is 114 cm³/mol. The molecular weight excluding hydrogens is 414 g/mol. The number of aromatic nitrogens is 4. The number of anilines is 2. The van der Waals surface area contributed by atoms with E-state index >= 15 is 0 Å². The van der Waals surface area contributed by atoms with Gasteiger partial charge in [0.05, 0.1) is 17.8 Å². The molecule has 0 spiro atoms. The van der Waals surface area contributed by atoms with Gasteiger partial charge < -0.3 is 24.8 Å². The molecule has 166 valence electrons. The number of carbonyl (C=O) groups excluding carboxylic acids is 2. The third kappa shape index (κ3) is 4.12. The van der Waals surface area contributed by atoms with Crippen LogP contribution in [0.25, 0.3) is 11.0 Å². The molecule has 2 unspecified atom stereocenters. The number of hydrogen-bond acceptors (Lipinski definition) is 9. The van der Waals surface area contributed by atoms with Gasteiger partial charge in [-0.3, -0.25) is 4.79 Å². The van der Waals surface area contributed by atoms with Crippen LogP contribution in [0.5, 0.6) is 0 Å². The number of aromatic amines is 1. The molecule has 2 fully saturated rings. The van der Waals surface area contributed by atoms with Gasteiger partial charge in [0.25, 0.3) is 5.91 Å². The minimum Gasteiger partial charge on any atom is -0.371 e. The van der Waals surface area contributed by atoms with Crippen LogP contribution in [0.4, 0.5) is 11.8 Å². The van der Waals surface area contributed by atoms with Crippen LogP contribution in [0.2, 0.25) is 0 Å². The summed E-state index contributed by atoms with van der Waals surface area (Å²) in [5, 5.41) is 5.00. The van der Waals surface area contributed by atoms with E-state index < -0.39 is 5.97 Å². The maximum Gasteiger partial charge on any atom is 0.373 e. The lowest BCUT2D eigenvalue weighted by atomic mass is 10.2. The van der Waals surface area contributed by atoms with E-state index in [2.05, 4.69) is 25.3 Å². The molecule has 2 aliphatic heterocycles. The molecule has 3 aromatic rings. The van der Waals surface area contributed by atoms with Crippen LogP contribution in [0.15, 0.2) is 30.6 Å². The van der Waals surface area contributed by atoms with Gasteiger partial charge in [-0.05, 0) is 31.0 Å². The molecule has 2 saturated heterocycles. The van der Waals surface area contributed by atoms with Crippen LogP contribution < -0.4 is 5.32 Å². The number of fused-ring (bicyclic) bond motifs is 3. The molecule has 2 atom stereocenters. The molecule has 0 radical (unpaired) electrons. The highest BCUT2D eigenvalue weighted by molar-refractivity contribution is 5.94. The monoisotopic (exact) mass is 437 g/mol. The van der Waals surface area contributed by atoms with Gasteiger partial charge in [-0.1, -0.05) is 0 Å². The highest BCUT2D eigenvalue weighted by Crippen LogP contribution is 2.27. The number of nitrogens with zero attached hydrogens (tertiary/aromatic N) is 5. The number of likely N-dealkylation sites (tertiary alicyclic amines) is 1. The van der Waals surface area contributed by atoms with Crippen molar-refractivity contribution in [1.82, 2.24) is 29.9 Å². The van der Waals surface area contributed by atoms with Gasteiger partial charge in [0, 0.05) is 45.0 Å². The second kappa shape index (κ2) is 8.17. The van der Waals surface area contributed by atoms with E-state index in [4.69, 9.17) is 9.57 Å². The number of H-pyrrole nitrogens is 1. The summed E-state index contributed by atoms with van der Waals surface area (Å²) in [5.41, 5.74) is 1.29. The molecule has 5 heterocycles. The average Bonchev–Trinajstić information content (AvgIpc) is 3.35. The Morgan fingerprint density at radius 2 is 1.97 bits per heavy atom. The molecule has 32 heavy (non-hydrogen) atoms. The number of ether oxygens (including phenoxy) is 1. The summed E-state index contributed by atoms with van der Waals surface area (Å²) < 4.78 is 5.80. The van der Waals surface area contributed by atoms with Crippen molar-refractivity contribution in [2.75, 3.05) is 32.5 Å². The van der Waals surface area contributed by atoms with E-state index in [0.717, 1.165) is 12.8 Å². The highest BCUT2D eigenvalue weighted by Gasteiger charge is 2.36. The molecule has 2 bridgehead atoms. The minimum absolute atomic E-state index is 0.0366. The van der Waals surface area contributed by atoms with Crippen LogP contribution in [0, 0.1) is 0 Å². The fraction of sp³-hybridized carbons (Fsp3) is 0.381. The Balaban J connectivity index is 1.26. The summed E-state index contributed by atoms with van der Waals surface area (Å²) in [7, 11) is 3.25. The van der Waals surface area contributed by atoms with Crippen molar-refractivity contribution >= 4 is 34.7 Å². The number of amides is 1. The van der Waals surface area contributed by atoms with Gasteiger partial charge in [0.2, 0.25) is 5.95 Å². The Bertz CT molecular complexity index is 1150. The highest BCUT2D eigenvalue weighted by atomic mass is 16.7. The van der Waals surface area contributed by atoms with Crippen molar-refractivity contribution < 1.29 is 19.2 Å². The SMILES string of the molecule is CN(C)OC(=O)c1cc2cnc(Nc3ccc(C(=O)N4CC5CCC(C4)O5)cn3)nc2[nH]1. The summed E-state index contributed by atoms with van der Waals surface area (Å²) in [6.45, 7) is 1.26. The number of carbonyl (C=O) groups is 2. The van der Waals surface area contributed by atoms with Crippen molar-refractivity contribution in [1.29, 1.82) is 0 Å². The summed E-state index contributed by atoms with van der Waals surface area (Å²) >= 11 is 0. The Hall–Kier alpha value is -3.57. The van der Waals surface area contributed by atoms with Crippen LogP contribution in [0.1, 0.15) is 33.7 Å². The Labute approximate surface area is 183 Å². The first-order valence-electron chi connectivity index (χ1n) is 10.4. The van der Waals surface area contributed by atoms with Crippen LogP contribution in [-0.2, 0) is 9.57 Å². The summed E-state index contributed by atoms with van der Waals surface area (Å²) in [6.07, 6.45) is 5.47. The number of pyridine rings is 1. The summed E-state index contributed by atoms with van der Waals surface area (Å²) in [5.74, 6) is 0.258. The van der Waals surface area contributed by atoms with Gasteiger partial charge in [-0.25, -0.2) is 14.8 Å². The third-order valence-corrected chi connectivity index (χ3v) is 5.44. The average molecular weight is 437 g/mol. The Kier molecular flexibility index (Phi) is 5.19. The normalized spacial score (nSPS) is 20.0. The van der Waals surface area contributed by atoms with Gasteiger partial charge in [0.1, 0.15) is 17.2 Å². The molecule has 0 saturated carbocycles. The third-order valence-electron chi connectivity index (χ3n) is 5.44. The first kappa shape index (κ1) is 20.3. The molecule has 0 aromatic carbocycles. The zero-order valence-corrected chi connectivity index (χ0v) is 17.7. The van der Waals surface area contributed by atoms with Gasteiger partial charge >= 0.3 is 5.97 Å². The van der Waals surface area contributed by atoms with Crippen LogP contribution >= 0.6 is 0 Å². The minimum atomic E-state index is -0.516. The largest absolute Gasteiger partial charge is 0.373 e. The van der Waals surface area contributed by atoms with Crippen molar-refractivity contribution in [2.45, 2.75) is 25.0 Å². The number of nitrogens with one attached hydrogen (secondary N) is 2. The zero-order valence-electron chi connectivity index (χ0n) is 17.7. The predicted octanol–water partition coefficient (Wildman–Crippen LogP) is 1.73. The zero-order chi connectivity index (χ0) is 22.2. The van der Waals surface area contributed by atoms with Crippen LogP contribution in [0.3, 0.4) is 0 Å². The van der Waals surface area contributed by atoms with Crippen LogP contribution in [-0.4, -0.2) is 81.2 Å². The molecule has 11 nitrogen and oxygen atoms in total. The van der Waals surface area contributed by atoms with Gasteiger partial charge in [-0.15, -0.1) is 5.06 Å². The van der Waals surface area contributed by atoms with E-state index in [1.807, 2.05) is 4.90 Å². The Morgan fingerprint density at radius 3 is 2.66 bits per heavy atom. The summed E-state index contributed by atoms with van der Waals surface area (Å²) in [4.78, 5) is 47.6. The fourth-order valence-electron chi connectivity index (χ4n) is 3.97. The van der Waals surface area contributed by atoms with E-state index in [9.17, 15) is 9.59 Å². The first-order valence-corrected chi connectivity index (χ1v) is 10.4. The lowest BCUT2D eigenvalue weighted by Gasteiger charge is -2.32. The van der Waals surface area contributed by atoms with Gasteiger partial charge in [-0.2, -0.15) is 4.98 Å². The number of hydrogen-bond donors (Lipinski definition) is 2. The second-order valence-corrected chi connectivity index (χ2v) is 8.10. The van der Waals surface area contributed by atoms with Crippen molar-refractivity contribution in [3.8, 4) is 0 Å². The molecule has 2 N–H and O–H groups in total. The topological polar surface area (TPSA) is 126 Å². The molecule has 3 aromatic heterocycles. The molecular formula is C21H23N7O4. The molecule has 5 rings (SSSR count).